The normalized spacial score (nSPS) is 19.3. The first-order valence-corrected chi connectivity index (χ1v) is 4.89. The van der Waals surface area contributed by atoms with E-state index >= 15 is 0 Å². The van der Waals surface area contributed by atoms with Crippen LogP contribution in [0.4, 0.5) is 0 Å². The Labute approximate surface area is 82.5 Å². The number of hydrogen-bond donors (Lipinski definition) is 2. The fourth-order valence-corrected chi connectivity index (χ4v) is 1.67. The molecule has 5 heteroatoms. The molecule has 2 N–H and O–H groups in total. The van der Waals surface area contributed by atoms with E-state index in [4.69, 9.17) is 4.42 Å². The summed E-state index contributed by atoms with van der Waals surface area (Å²) in [6.07, 6.45) is 3.23. The van der Waals surface area contributed by atoms with Crippen molar-refractivity contribution in [3.8, 4) is 0 Å². The van der Waals surface area contributed by atoms with Crippen LogP contribution in [0.1, 0.15) is 31.0 Å². The van der Waals surface area contributed by atoms with Crippen LogP contribution in [0.2, 0.25) is 0 Å². The van der Waals surface area contributed by atoms with E-state index in [1.807, 2.05) is 0 Å². The summed E-state index contributed by atoms with van der Waals surface area (Å²) in [6, 6.07) is 0. The highest BCUT2D eigenvalue weighted by molar-refractivity contribution is 4.96. The molecular weight excluding hydrogens is 182 g/mol. The second kappa shape index (κ2) is 3.67. The fourth-order valence-electron chi connectivity index (χ4n) is 1.67. The van der Waals surface area contributed by atoms with Gasteiger partial charge in [0.1, 0.15) is 0 Å². The minimum Gasteiger partial charge on any atom is -0.424 e. The standard InChI is InChI=1S/C9H15N3O2/c1-7-11-12-8(14-7)5-10-9(6-13)3-2-4-9/h10,13H,2-6H2,1H3. The van der Waals surface area contributed by atoms with Gasteiger partial charge in [-0.05, 0) is 19.3 Å². The van der Waals surface area contributed by atoms with Gasteiger partial charge < -0.3 is 14.8 Å². The molecular formula is C9H15N3O2. The first-order chi connectivity index (χ1) is 6.74. The molecule has 14 heavy (non-hydrogen) atoms. The van der Waals surface area contributed by atoms with Crippen molar-refractivity contribution in [1.29, 1.82) is 0 Å². The average Bonchev–Trinajstić information content (AvgIpc) is 2.50. The minimum atomic E-state index is -0.0949. The van der Waals surface area contributed by atoms with Gasteiger partial charge >= 0.3 is 0 Å². The van der Waals surface area contributed by atoms with Gasteiger partial charge in [-0.3, -0.25) is 0 Å². The molecule has 0 atom stereocenters. The lowest BCUT2D eigenvalue weighted by Gasteiger charge is -2.40. The first-order valence-electron chi connectivity index (χ1n) is 4.89. The molecule has 1 fully saturated rings. The van der Waals surface area contributed by atoms with Gasteiger partial charge in [0.2, 0.25) is 11.8 Å². The van der Waals surface area contributed by atoms with E-state index in [0.29, 0.717) is 18.3 Å². The van der Waals surface area contributed by atoms with Crippen LogP contribution in [0.15, 0.2) is 4.42 Å². The lowest BCUT2D eigenvalue weighted by Crippen LogP contribution is -2.53. The SMILES string of the molecule is Cc1nnc(CNC2(CO)CCC2)o1. The molecule has 1 heterocycles. The molecule has 1 aromatic rings. The molecule has 78 valence electrons. The molecule has 1 aliphatic rings. The van der Waals surface area contributed by atoms with E-state index in [1.165, 1.54) is 6.42 Å². The predicted octanol–water partition coefficient (Wildman–Crippen LogP) is 0.383. The highest BCUT2D eigenvalue weighted by Crippen LogP contribution is 2.31. The van der Waals surface area contributed by atoms with Gasteiger partial charge in [0.25, 0.3) is 0 Å². The van der Waals surface area contributed by atoms with Gasteiger partial charge in [0.05, 0.1) is 13.2 Å². The van der Waals surface area contributed by atoms with E-state index in [0.717, 1.165) is 12.8 Å². The monoisotopic (exact) mass is 197 g/mol. The summed E-state index contributed by atoms with van der Waals surface area (Å²) in [5.41, 5.74) is -0.0949. The molecule has 2 rings (SSSR count). The van der Waals surface area contributed by atoms with Crippen molar-refractivity contribution in [2.45, 2.75) is 38.3 Å². The highest BCUT2D eigenvalue weighted by atomic mass is 16.4. The summed E-state index contributed by atoms with van der Waals surface area (Å²) >= 11 is 0. The zero-order valence-corrected chi connectivity index (χ0v) is 8.29. The molecule has 0 radical (unpaired) electrons. The van der Waals surface area contributed by atoms with Gasteiger partial charge in [0, 0.05) is 12.5 Å². The Morgan fingerprint density at radius 2 is 2.29 bits per heavy atom. The Morgan fingerprint density at radius 3 is 2.71 bits per heavy atom. The summed E-state index contributed by atoms with van der Waals surface area (Å²) in [5, 5.41) is 20.1. The van der Waals surface area contributed by atoms with E-state index in [1.54, 1.807) is 6.92 Å². The summed E-state index contributed by atoms with van der Waals surface area (Å²) in [7, 11) is 0. The van der Waals surface area contributed by atoms with Gasteiger partial charge in [-0.2, -0.15) is 0 Å². The molecule has 1 aromatic heterocycles. The van der Waals surface area contributed by atoms with Crippen LogP contribution in [0.5, 0.6) is 0 Å². The third kappa shape index (κ3) is 1.78. The lowest BCUT2D eigenvalue weighted by molar-refractivity contribution is 0.0846. The van der Waals surface area contributed by atoms with Crippen molar-refractivity contribution >= 4 is 0 Å². The number of nitrogens with zero attached hydrogens (tertiary/aromatic N) is 2. The quantitative estimate of drug-likeness (QED) is 0.730. The first kappa shape index (κ1) is 9.61. The number of nitrogens with one attached hydrogen (secondary N) is 1. The van der Waals surface area contributed by atoms with Crippen LogP contribution >= 0.6 is 0 Å². The summed E-state index contributed by atoms with van der Waals surface area (Å²) in [4.78, 5) is 0. The Balaban J connectivity index is 1.87. The van der Waals surface area contributed by atoms with Crippen LogP contribution in [-0.4, -0.2) is 27.4 Å². The number of hydrogen-bond acceptors (Lipinski definition) is 5. The predicted molar refractivity (Wildman–Crippen MR) is 49.5 cm³/mol. The lowest BCUT2D eigenvalue weighted by atomic mass is 9.77. The van der Waals surface area contributed by atoms with E-state index in [2.05, 4.69) is 15.5 Å². The molecule has 0 unspecified atom stereocenters. The third-order valence-electron chi connectivity index (χ3n) is 2.80. The van der Waals surface area contributed by atoms with Crippen molar-refractivity contribution in [3.05, 3.63) is 11.8 Å². The van der Waals surface area contributed by atoms with Crippen molar-refractivity contribution < 1.29 is 9.52 Å². The van der Waals surface area contributed by atoms with Crippen molar-refractivity contribution in [2.24, 2.45) is 0 Å². The highest BCUT2D eigenvalue weighted by Gasteiger charge is 2.35. The van der Waals surface area contributed by atoms with Gasteiger partial charge in [-0.25, -0.2) is 0 Å². The molecule has 0 aromatic carbocycles. The van der Waals surface area contributed by atoms with E-state index < -0.39 is 0 Å². The molecule has 1 aliphatic carbocycles. The summed E-state index contributed by atoms with van der Waals surface area (Å²) in [5.74, 6) is 1.16. The van der Waals surface area contributed by atoms with Gasteiger partial charge in [-0.1, -0.05) is 0 Å². The molecule has 0 bridgehead atoms. The van der Waals surface area contributed by atoms with Crippen molar-refractivity contribution in [2.75, 3.05) is 6.61 Å². The topological polar surface area (TPSA) is 71.2 Å². The smallest absolute Gasteiger partial charge is 0.230 e. The average molecular weight is 197 g/mol. The number of aliphatic hydroxyl groups excluding tert-OH is 1. The Hall–Kier alpha value is -0.940. The Morgan fingerprint density at radius 1 is 1.50 bits per heavy atom. The molecule has 5 nitrogen and oxygen atoms in total. The van der Waals surface area contributed by atoms with Gasteiger partial charge in [-0.15, -0.1) is 10.2 Å². The maximum absolute atomic E-state index is 9.19. The van der Waals surface area contributed by atoms with E-state index in [-0.39, 0.29) is 12.1 Å². The Bertz CT molecular complexity index is 301. The molecule has 0 amide bonds. The zero-order valence-electron chi connectivity index (χ0n) is 8.29. The number of aliphatic hydroxyl groups is 1. The Kier molecular flexibility index (Phi) is 2.52. The van der Waals surface area contributed by atoms with Crippen molar-refractivity contribution in [1.82, 2.24) is 15.5 Å². The van der Waals surface area contributed by atoms with Crippen LogP contribution in [0.25, 0.3) is 0 Å². The molecule has 1 saturated carbocycles. The maximum atomic E-state index is 9.19. The number of aryl methyl sites for hydroxylation is 1. The second-order valence-electron chi connectivity index (χ2n) is 3.86. The van der Waals surface area contributed by atoms with Crippen LogP contribution in [0, 0.1) is 6.92 Å². The second-order valence-corrected chi connectivity index (χ2v) is 3.86. The van der Waals surface area contributed by atoms with Crippen LogP contribution < -0.4 is 5.32 Å². The van der Waals surface area contributed by atoms with E-state index in [9.17, 15) is 5.11 Å². The zero-order chi connectivity index (χ0) is 10.0. The van der Waals surface area contributed by atoms with Crippen LogP contribution in [0.3, 0.4) is 0 Å². The van der Waals surface area contributed by atoms with Gasteiger partial charge in [0.15, 0.2) is 0 Å². The summed E-state index contributed by atoms with van der Waals surface area (Å²) in [6.45, 7) is 2.49. The number of rotatable bonds is 4. The fraction of sp³-hybridized carbons (Fsp3) is 0.778. The maximum Gasteiger partial charge on any atom is 0.230 e. The molecule has 0 aliphatic heterocycles. The summed E-state index contributed by atoms with van der Waals surface area (Å²) < 4.78 is 5.23. The number of aromatic nitrogens is 2. The molecule has 0 spiro atoms. The third-order valence-corrected chi connectivity index (χ3v) is 2.80. The minimum absolute atomic E-state index is 0.0949. The van der Waals surface area contributed by atoms with Crippen LogP contribution in [-0.2, 0) is 6.54 Å². The largest absolute Gasteiger partial charge is 0.424 e. The van der Waals surface area contributed by atoms with Crippen molar-refractivity contribution in [3.63, 3.8) is 0 Å². The molecule has 0 saturated heterocycles.